The molecule has 1 aromatic heterocycles. The lowest BCUT2D eigenvalue weighted by atomic mass is 10.1. The molecule has 2 amide bonds. The fourth-order valence-corrected chi connectivity index (χ4v) is 4.70. The highest BCUT2D eigenvalue weighted by atomic mass is 35.5. The van der Waals surface area contributed by atoms with Gasteiger partial charge in [0.1, 0.15) is 5.82 Å². The molecule has 0 aliphatic rings. The predicted octanol–water partition coefficient (Wildman–Crippen LogP) is 5.40. The second-order valence-corrected chi connectivity index (χ2v) is 9.80. The second kappa shape index (κ2) is 12.2. The van der Waals surface area contributed by atoms with E-state index in [9.17, 15) is 9.59 Å². The van der Waals surface area contributed by atoms with Gasteiger partial charge in [-0.3, -0.25) is 9.59 Å². The van der Waals surface area contributed by atoms with E-state index in [2.05, 4.69) is 27.4 Å². The van der Waals surface area contributed by atoms with Crippen molar-refractivity contribution in [1.82, 2.24) is 20.1 Å². The van der Waals surface area contributed by atoms with Gasteiger partial charge in [0.2, 0.25) is 5.91 Å². The number of rotatable bonds is 10. The van der Waals surface area contributed by atoms with Crippen molar-refractivity contribution < 1.29 is 9.59 Å². The topological polar surface area (TPSA) is 88.9 Å². The first-order valence-corrected chi connectivity index (χ1v) is 12.7. The number of nitrogens with zero attached hydrogens (tertiary/aromatic N) is 3. The highest BCUT2D eigenvalue weighted by Gasteiger charge is 2.15. The van der Waals surface area contributed by atoms with E-state index in [1.54, 1.807) is 18.2 Å². The zero-order valence-electron chi connectivity index (χ0n) is 19.8. The van der Waals surface area contributed by atoms with Gasteiger partial charge in [0.15, 0.2) is 5.16 Å². The highest BCUT2D eigenvalue weighted by molar-refractivity contribution is 7.99. The van der Waals surface area contributed by atoms with Crippen LogP contribution in [-0.4, -0.2) is 38.9 Å². The maximum atomic E-state index is 12.6. The third-order valence-electron chi connectivity index (χ3n) is 5.19. The lowest BCUT2D eigenvalue weighted by Gasteiger charge is -2.13. The fourth-order valence-electron chi connectivity index (χ4n) is 3.63. The van der Waals surface area contributed by atoms with E-state index in [1.165, 1.54) is 17.8 Å². The Morgan fingerprint density at radius 3 is 2.46 bits per heavy atom. The Kier molecular flexibility index (Phi) is 9.37. The SMILES string of the molecule is C=CCn1c(CCNC(=O)c2ccc(Cl)c(Cl)c2)nnc1SCC(=O)Nc1c(C)cc(C)cc1C. The van der Waals surface area contributed by atoms with Crippen molar-refractivity contribution in [3.8, 4) is 0 Å². The molecule has 0 spiro atoms. The number of aromatic nitrogens is 3. The van der Waals surface area contributed by atoms with Gasteiger partial charge in [0.05, 0.1) is 15.8 Å². The maximum Gasteiger partial charge on any atom is 0.251 e. The Bertz CT molecular complexity index is 1240. The molecule has 3 rings (SSSR count). The fraction of sp³-hybridized carbons (Fsp3) is 0.280. The van der Waals surface area contributed by atoms with Crippen LogP contribution in [0.25, 0.3) is 0 Å². The first-order chi connectivity index (χ1) is 16.7. The number of hydrogen-bond donors (Lipinski definition) is 2. The van der Waals surface area contributed by atoms with Crippen molar-refractivity contribution in [3.63, 3.8) is 0 Å². The van der Waals surface area contributed by atoms with Gasteiger partial charge in [0, 0.05) is 30.8 Å². The summed E-state index contributed by atoms with van der Waals surface area (Å²) in [5, 5.41) is 15.7. The van der Waals surface area contributed by atoms with E-state index < -0.39 is 0 Å². The summed E-state index contributed by atoms with van der Waals surface area (Å²) in [6.45, 7) is 10.6. The summed E-state index contributed by atoms with van der Waals surface area (Å²) >= 11 is 13.2. The molecule has 0 aliphatic heterocycles. The van der Waals surface area contributed by atoms with E-state index in [-0.39, 0.29) is 17.6 Å². The summed E-state index contributed by atoms with van der Waals surface area (Å²) in [7, 11) is 0. The Morgan fingerprint density at radius 2 is 1.80 bits per heavy atom. The van der Waals surface area contributed by atoms with Gasteiger partial charge >= 0.3 is 0 Å². The van der Waals surface area contributed by atoms with Crippen LogP contribution in [0.2, 0.25) is 10.0 Å². The predicted molar refractivity (Wildman–Crippen MR) is 143 cm³/mol. The molecule has 0 saturated carbocycles. The average Bonchev–Trinajstić information content (AvgIpc) is 3.18. The molecule has 184 valence electrons. The molecule has 3 aromatic rings. The van der Waals surface area contributed by atoms with Gasteiger partial charge in [-0.15, -0.1) is 16.8 Å². The van der Waals surface area contributed by atoms with E-state index in [1.807, 2.05) is 37.5 Å². The first-order valence-electron chi connectivity index (χ1n) is 11.0. The van der Waals surface area contributed by atoms with Gasteiger partial charge in [-0.25, -0.2) is 0 Å². The zero-order valence-corrected chi connectivity index (χ0v) is 22.2. The number of nitrogens with one attached hydrogen (secondary N) is 2. The van der Waals surface area contributed by atoms with Crippen LogP contribution in [0.1, 0.15) is 32.9 Å². The van der Waals surface area contributed by atoms with Crippen LogP contribution in [0, 0.1) is 20.8 Å². The zero-order chi connectivity index (χ0) is 25.5. The molecule has 1 heterocycles. The minimum absolute atomic E-state index is 0.117. The van der Waals surface area contributed by atoms with E-state index in [4.69, 9.17) is 23.2 Å². The van der Waals surface area contributed by atoms with Gasteiger partial charge in [-0.2, -0.15) is 0 Å². The number of carbonyl (C=O) groups excluding carboxylic acids is 2. The molecule has 2 aromatic carbocycles. The van der Waals surface area contributed by atoms with E-state index >= 15 is 0 Å². The monoisotopic (exact) mass is 531 g/mol. The minimum Gasteiger partial charge on any atom is -0.352 e. The molecule has 2 N–H and O–H groups in total. The average molecular weight is 532 g/mol. The lowest BCUT2D eigenvalue weighted by molar-refractivity contribution is -0.113. The number of aryl methyl sites for hydroxylation is 3. The summed E-state index contributed by atoms with van der Waals surface area (Å²) < 4.78 is 1.89. The van der Waals surface area contributed by atoms with Crippen molar-refractivity contribution in [2.75, 3.05) is 17.6 Å². The highest BCUT2D eigenvalue weighted by Crippen LogP contribution is 2.24. The van der Waals surface area contributed by atoms with Crippen LogP contribution >= 0.6 is 35.0 Å². The molecule has 10 heteroatoms. The third-order valence-corrected chi connectivity index (χ3v) is 6.90. The lowest BCUT2D eigenvalue weighted by Crippen LogP contribution is -2.26. The van der Waals surface area contributed by atoms with Crippen molar-refractivity contribution in [2.24, 2.45) is 0 Å². The minimum atomic E-state index is -0.258. The van der Waals surface area contributed by atoms with E-state index in [0.29, 0.717) is 46.1 Å². The number of thioether (sulfide) groups is 1. The molecule has 0 radical (unpaired) electrons. The van der Waals surface area contributed by atoms with Crippen molar-refractivity contribution >= 4 is 52.5 Å². The van der Waals surface area contributed by atoms with Crippen LogP contribution in [-0.2, 0) is 17.8 Å². The van der Waals surface area contributed by atoms with Crippen LogP contribution in [0.4, 0.5) is 5.69 Å². The summed E-state index contributed by atoms with van der Waals surface area (Å²) in [6.07, 6.45) is 2.20. The van der Waals surface area contributed by atoms with Gasteiger partial charge in [-0.1, -0.05) is 58.7 Å². The summed E-state index contributed by atoms with van der Waals surface area (Å²) in [4.78, 5) is 25.0. The molecular weight excluding hydrogens is 505 g/mol. The van der Waals surface area contributed by atoms with Crippen LogP contribution in [0.5, 0.6) is 0 Å². The molecule has 0 aliphatic carbocycles. The molecule has 0 unspecified atom stereocenters. The normalized spacial score (nSPS) is 10.8. The summed E-state index contributed by atoms with van der Waals surface area (Å²) in [5.74, 6) is 0.503. The second-order valence-electron chi connectivity index (χ2n) is 8.04. The molecule has 0 fully saturated rings. The number of anilines is 1. The molecule has 35 heavy (non-hydrogen) atoms. The molecule has 0 atom stereocenters. The molecule has 7 nitrogen and oxygen atoms in total. The first kappa shape index (κ1) is 26.8. The summed E-state index contributed by atoms with van der Waals surface area (Å²) in [5.41, 5.74) is 4.48. The van der Waals surface area contributed by atoms with Gasteiger partial charge < -0.3 is 15.2 Å². The van der Waals surface area contributed by atoms with Crippen molar-refractivity contribution in [1.29, 1.82) is 0 Å². The largest absolute Gasteiger partial charge is 0.352 e. The standard InChI is InChI=1S/C25H27Cl2N5O2S/c1-5-10-32-21(8-9-28-24(34)18-6-7-19(26)20(27)13-18)30-31-25(32)35-14-22(33)29-23-16(3)11-15(2)12-17(23)4/h5-7,11-13H,1,8-10,14H2,2-4H3,(H,28,34)(H,29,33). The van der Waals surface area contributed by atoms with Crippen LogP contribution < -0.4 is 10.6 Å². The Labute approximate surface area is 219 Å². The van der Waals surface area contributed by atoms with E-state index in [0.717, 1.165) is 22.4 Å². The molecule has 0 bridgehead atoms. The van der Waals surface area contributed by atoms with Crippen LogP contribution in [0.15, 0.2) is 48.1 Å². The Hall–Kier alpha value is -2.81. The number of allylic oxidation sites excluding steroid dienone is 1. The number of carbonyl (C=O) groups is 2. The quantitative estimate of drug-likeness (QED) is 0.270. The van der Waals surface area contributed by atoms with Crippen LogP contribution in [0.3, 0.4) is 0 Å². The number of hydrogen-bond acceptors (Lipinski definition) is 5. The number of benzene rings is 2. The van der Waals surface area contributed by atoms with Gasteiger partial charge in [0.25, 0.3) is 5.91 Å². The van der Waals surface area contributed by atoms with Crippen molar-refractivity contribution in [3.05, 3.63) is 81.1 Å². The smallest absolute Gasteiger partial charge is 0.251 e. The number of halogens is 2. The Morgan fingerprint density at radius 1 is 1.09 bits per heavy atom. The number of amides is 2. The van der Waals surface area contributed by atoms with Gasteiger partial charge in [-0.05, 0) is 50.1 Å². The molecular formula is C25H27Cl2N5O2S. The third kappa shape index (κ3) is 7.10. The van der Waals surface area contributed by atoms with Crippen molar-refractivity contribution in [2.45, 2.75) is 38.9 Å². The molecule has 0 saturated heterocycles. The Balaban J connectivity index is 1.58. The summed E-state index contributed by atoms with van der Waals surface area (Å²) in [6, 6.07) is 8.81. The maximum absolute atomic E-state index is 12.6.